The molecule has 1 heterocycles. The largest absolute Gasteiger partial charge is 0.379 e. The van der Waals surface area contributed by atoms with E-state index in [1.54, 1.807) is 17.8 Å². The van der Waals surface area contributed by atoms with Crippen LogP contribution in [-0.2, 0) is 4.74 Å². The zero-order valence-corrected chi connectivity index (χ0v) is 10.3. The molecule has 4 heteroatoms. The Bertz CT molecular complexity index is 368. The van der Waals surface area contributed by atoms with Crippen molar-refractivity contribution in [2.24, 2.45) is 0 Å². The van der Waals surface area contributed by atoms with Crippen LogP contribution in [0.4, 0.5) is 4.39 Å². The molecule has 0 amide bonds. The van der Waals surface area contributed by atoms with E-state index < -0.39 is 0 Å². The van der Waals surface area contributed by atoms with Gasteiger partial charge in [-0.25, -0.2) is 4.39 Å². The van der Waals surface area contributed by atoms with E-state index in [0.717, 1.165) is 23.7 Å². The number of thioether (sulfide) groups is 1. The van der Waals surface area contributed by atoms with Gasteiger partial charge in [-0.2, -0.15) is 0 Å². The van der Waals surface area contributed by atoms with Gasteiger partial charge in [-0.05, 0) is 26.1 Å². The van der Waals surface area contributed by atoms with E-state index in [2.05, 4.69) is 5.32 Å². The van der Waals surface area contributed by atoms with E-state index in [-0.39, 0.29) is 11.9 Å². The van der Waals surface area contributed by atoms with Gasteiger partial charge < -0.3 is 10.1 Å². The summed E-state index contributed by atoms with van der Waals surface area (Å²) in [6.07, 6.45) is 0. The fourth-order valence-electron chi connectivity index (χ4n) is 1.65. The molecule has 1 unspecified atom stereocenters. The zero-order valence-electron chi connectivity index (χ0n) is 9.50. The molecule has 1 aliphatic heterocycles. The number of ether oxygens (including phenoxy) is 1. The normalized spacial score (nSPS) is 18.2. The topological polar surface area (TPSA) is 21.3 Å². The predicted molar refractivity (Wildman–Crippen MR) is 64.3 cm³/mol. The second-order valence-corrected chi connectivity index (χ2v) is 5.28. The Morgan fingerprint density at radius 3 is 2.81 bits per heavy atom. The standard InChI is InChI=1S/C12H16FNOS/c1-8(14-2)12-10(13)4-3-5-11(12)16-9-6-15-7-9/h3-5,8-9,14H,6-7H2,1-2H3. The highest BCUT2D eigenvalue weighted by atomic mass is 32.2. The Morgan fingerprint density at radius 2 is 2.25 bits per heavy atom. The molecule has 0 saturated carbocycles. The van der Waals surface area contributed by atoms with Gasteiger partial charge in [0.1, 0.15) is 5.82 Å². The molecule has 1 fully saturated rings. The minimum Gasteiger partial charge on any atom is -0.379 e. The number of hydrogen-bond donors (Lipinski definition) is 1. The molecule has 1 aliphatic rings. The fourth-order valence-corrected chi connectivity index (χ4v) is 2.89. The lowest BCUT2D eigenvalue weighted by Crippen LogP contribution is -2.30. The fraction of sp³-hybridized carbons (Fsp3) is 0.500. The molecule has 0 bridgehead atoms. The monoisotopic (exact) mass is 241 g/mol. The van der Waals surface area contributed by atoms with E-state index in [0.29, 0.717) is 5.25 Å². The maximum absolute atomic E-state index is 13.8. The molecule has 1 aromatic rings. The van der Waals surface area contributed by atoms with Crippen LogP contribution in [0, 0.1) is 5.82 Å². The van der Waals surface area contributed by atoms with E-state index >= 15 is 0 Å². The number of halogens is 1. The Hall–Kier alpha value is -0.580. The van der Waals surface area contributed by atoms with Crippen LogP contribution in [0.5, 0.6) is 0 Å². The molecule has 1 atom stereocenters. The average Bonchev–Trinajstić information content (AvgIpc) is 2.22. The quantitative estimate of drug-likeness (QED) is 0.875. The summed E-state index contributed by atoms with van der Waals surface area (Å²) in [6, 6.07) is 5.30. The van der Waals surface area contributed by atoms with Crippen LogP contribution in [0.3, 0.4) is 0 Å². The van der Waals surface area contributed by atoms with Crippen molar-refractivity contribution in [1.82, 2.24) is 5.32 Å². The molecule has 2 nitrogen and oxygen atoms in total. The van der Waals surface area contributed by atoms with E-state index in [4.69, 9.17) is 4.74 Å². The highest BCUT2D eigenvalue weighted by Crippen LogP contribution is 2.34. The molecular formula is C12H16FNOS. The lowest BCUT2D eigenvalue weighted by Gasteiger charge is -2.27. The van der Waals surface area contributed by atoms with Crippen LogP contribution in [0.15, 0.2) is 23.1 Å². The third-order valence-electron chi connectivity index (χ3n) is 2.78. The first-order valence-corrected chi connectivity index (χ1v) is 6.30. The first-order chi connectivity index (χ1) is 7.72. The van der Waals surface area contributed by atoms with Gasteiger partial charge in [-0.15, -0.1) is 11.8 Å². The van der Waals surface area contributed by atoms with Crippen molar-refractivity contribution in [2.75, 3.05) is 20.3 Å². The highest BCUT2D eigenvalue weighted by molar-refractivity contribution is 8.00. The summed E-state index contributed by atoms with van der Waals surface area (Å²) < 4.78 is 18.9. The maximum atomic E-state index is 13.8. The molecule has 1 N–H and O–H groups in total. The van der Waals surface area contributed by atoms with Gasteiger partial charge >= 0.3 is 0 Å². The number of hydrogen-bond acceptors (Lipinski definition) is 3. The molecule has 2 rings (SSSR count). The SMILES string of the molecule is CNC(C)c1c(F)cccc1SC1COC1. The lowest BCUT2D eigenvalue weighted by molar-refractivity contribution is 0.0455. The van der Waals surface area contributed by atoms with Crippen molar-refractivity contribution < 1.29 is 9.13 Å². The first-order valence-electron chi connectivity index (χ1n) is 5.42. The Balaban J connectivity index is 2.23. The van der Waals surface area contributed by atoms with Crippen LogP contribution in [0.1, 0.15) is 18.5 Å². The van der Waals surface area contributed by atoms with Gasteiger partial charge in [0.05, 0.1) is 18.5 Å². The van der Waals surface area contributed by atoms with Crippen molar-refractivity contribution in [3.63, 3.8) is 0 Å². The van der Waals surface area contributed by atoms with Gasteiger partial charge in [0.15, 0.2) is 0 Å². The molecular weight excluding hydrogens is 225 g/mol. The van der Waals surface area contributed by atoms with Crippen LogP contribution in [0.2, 0.25) is 0 Å². The summed E-state index contributed by atoms with van der Waals surface area (Å²) in [5, 5.41) is 3.56. The van der Waals surface area contributed by atoms with Crippen molar-refractivity contribution in [1.29, 1.82) is 0 Å². The summed E-state index contributed by atoms with van der Waals surface area (Å²) in [5.74, 6) is -0.132. The van der Waals surface area contributed by atoms with E-state index in [1.165, 1.54) is 6.07 Å². The van der Waals surface area contributed by atoms with Crippen LogP contribution < -0.4 is 5.32 Å². The van der Waals surface area contributed by atoms with E-state index in [1.807, 2.05) is 20.0 Å². The van der Waals surface area contributed by atoms with Crippen molar-refractivity contribution >= 4 is 11.8 Å². The van der Waals surface area contributed by atoms with Crippen molar-refractivity contribution in [3.8, 4) is 0 Å². The molecule has 0 aliphatic carbocycles. The third kappa shape index (κ3) is 2.39. The minimum atomic E-state index is -0.132. The summed E-state index contributed by atoms with van der Waals surface area (Å²) in [6.45, 7) is 3.52. The number of benzene rings is 1. The Morgan fingerprint density at radius 1 is 1.50 bits per heavy atom. The number of nitrogens with one attached hydrogen (secondary N) is 1. The van der Waals surface area contributed by atoms with Gasteiger partial charge in [0.25, 0.3) is 0 Å². The van der Waals surface area contributed by atoms with Gasteiger partial charge in [-0.3, -0.25) is 0 Å². The second kappa shape index (κ2) is 5.17. The highest BCUT2D eigenvalue weighted by Gasteiger charge is 2.23. The average molecular weight is 241 g/mol. The van der Waals surface area contributed by atoms with Crippen molar-refractivity contribution in [2.45, 2.75) is 23.1 Å². The summed E-state index contributed by atoms with van der Waals surface area (Å²) in [7, 11) is 1.85. The third-order valence-corrected chi connectivity index (χ3v) is 4.00. The number of rotatable bonds is 4. The second-order valence-electron chi connectivity index (χ2n) is 3.94. The van der Waals surface area contributed by atoms with Gasteiger partial charge in [0.2, 0.25) is 0 Å². The minimum absolute atomic E-state index is 0.0321. The molecule has 0 radical (unpaired) electrons. The smallest absolute Gasteiger partial charge is 0.129 e. The molecule has 0 aromatic heterocycles. The Kier molecular flexibility index (Phi) is 3.84. The summed E-state index contributed by atoms with van der Waals surface area (Å²) in [4.78, 5) is 1.02. The Labute approximate surface area is 99.6 Å². The van der Waals surface area contributed by atoms with Crippen molar-refractivity contribution in [3.05, 3.63) is 29.6 Å². The maximum Gasteiger partial charge on any atom is 0.129 e. The van der Waals surface area contributed by atoms with Crippen LogP contribution in [0.25, 0.3) is 0 Å². The lowest BCUT2D eigenvalue weighted by atomic mass is 10.1. The predicted octanol–water partition coefficient (Wildman–Crippen LogP) is 2.60. The molecule has 88 valence electrons. The molecule has 0 spiro atoms. The summed E-state index contributed by atoms with van der Waals surface area (Å²) >= 11 is 1.71. The van der Waals surface area contributed by atoms with E-state index in [9.17, 15) is 4.39 Å². The van der Waals surface area contributed by atoms with Gasteiger partial charge in [0, 0.05) is 16.5 Å². The zero-order chi connectivity index (χ0) is 11.5. The molecule has 1 aromatic carbocycles. The van der Waals surface area contributed by atoms with Crippen LogP contribution >= 0.6 is 11.8 Å². The molecule has 16 heavy (non-hydrogen) atoms. The first kappa shape index (κ1) is 11.9. The molecule has 1 saturated heterocycles. The summed E-state index contributed by atoms with van der Waals surface area (Å²) in [5.41, 5.74) is 0.766. The van der Waals surface area contributed by atoms with Gasteiger partial charge in [-0.1, -0.05) is 6.07 Å². The van der Waals surface area contributed by atoms with Crippen LogP contribution in [-0.4, -0.2) is 25.5 Å².